The molecule has 0 unspecified atom stereocenters. The molecule has 2 nitrogen and oxygen atoms in total. The zero-order chi connectivity index (χ0) is 10.6. The number of hydrogen-bond donors (Lipinski definition) is 1. The summed E-state index contributed by atoms with van der Waals surface area (Å²) in [5.41, 5.74) is 6.70. The molecule has 1 rings (SSSR count). The second-order valence-electron chi connectivity index (χ2n) is 4.73. The number of hydrogen-bond acceptors (Lipinski definition) is 2. The standard InChI is InChI=1S/C12H19NO/c1-12(2,3)7-8-14-11-6-4-5-10(13)9-11/h4-6,9H,7-8,13H2,1-3H3. The predicted octanol–water partition coefficient (Wildman–Crippen LogP) is 3.08. The summed E-state index contributed by atoms with van der Waals surface area (Å²) in [5, 5.41) is 0. The molecule has 0 amide bonds. The molecule has 0 aliphatic carbocycles. The topological polar surface area (TPSA) is 35.2 Å². The maximum Gasteiger partial charge on any atom is 0.121 e. The van der Waals surface area contributed by atoms with E-state index in [2.05, 4.69) is 20.8 Å². The van der Waals surface area contributed by atoms with Crippen LogP contribution >= 0.6 is 0 Å². The molecular weight excluding hydrogens is 174 g/mol. The van der Waals surface area contributed by atoms with Crippen LogP contribution in [0.1, 0.15) is 27.2 Å². The number of nitrogens with two attached hydrogens (primary N) is 1. The van der Waals surface area contributed by atoms with Gasteiger partial charge in [0, 0.05) is 11.8 Å². The van der Waals surface area contributed by atoms with Crippen molar-refractivity contribution in [1.82, 2.24) is 0 Å². The summed E-state index contributed by atoms with van der Waals surface area (Å²) in [7, 11) is 0. The van der Waals surface area contributed by atoms with E-state index < -0.39 is 0 Å². The van der Waals surface area contributed by atoms with Crippen molar-refractivity contribution >= 4 is 5.69 Å². The SMILES string of the molecule is CC(C)(C)CCOc1cccc(N)c1. The quantitative estimate of drug-likeness (QED) is 0.749. The van der Waals surface area contributed by atoms with Crippen LogP contribution in [-0.2, 0) is 0 Å². The van der Waals surface area contributed by atoms with Gasteiger partial charge in [0.2, 0.25) is 0 Å². The Morgan fingerprint density at radius 2 is 2.00 bits per heavy atom. The van der Waals surface area contributed by atoms with Crippen LogP contribution in [0.4, 0.5) is 5.69 Å². The van der Waals surface area contributed by atoms with Crippen molar-refractivity contribution in [3.8, 4) is 5.75 Å². The van der Waals surface area contributed by atoms with Crippen LogP contribution in [0.3, 0.4) is 0 Å². The summed E-state index contributed by atoms with van der Waals surface area (Å²) >= 11 is 0. The van der Waals surface area contributed by atoms with Crippen LogP contribution in [0.5, 0.6) is 5.75 Å². The molecule has 0 radical (unpaired) electrons. The number of anilines is 1. The van der Waals surface area contributed by atoms with Crippen LogP contribution in [0.15, 0.2) is 24.3 Å². The second-order valence-corrected chi connectivity index (χ2v) is 4.73. The lowest BCUT2D eigenvalue weighted by Gasteiger charge is -2.18. The van der Waals surface area contributed by atoms with Gasteiger partial charge < -0.3 is 10.5 Å². The largest absolute Gasteiger partial charge is 0.493 e. The van der Waals surface area contributed by atoms with Gasteiger partial charge in [0.25, 0.3) is 0 Å². The third kappa shape index (κ3) is 4.17. The fraction of sp³-hybridized carbons (Fsp3) is 0.500. The van der Waals surface area contributed by atoms with Gasteiger partial charge in [-0.15, -0.1) is 0 Å². The summed E-state index contributed by atoms with van der Waals surface area (Å²) in [6, 6.07) is 7.54. The molecule has 1 aromatic rings. The molecule has 0 fully saturated rings. The van der Waals surface area contributed by atoms with Crippen molar-refractivity contribution < 1.29 is 4.74 Å². The predicted molar refractivity (Wildman–Crippen MR) is 60.4 cm³/mol. The van der Waals surface area contributed by atoms with Gasteiger partial charge in [-0.1, -0.05) is 26.8 Å². The first-order chi connectivity index (χ1) is 6.47. The summed E-state index contributed by atoms with van der Waals surface area (Å²) in [5.74, 6) is 0.856. The smallest absolute Gasteiger partial charge is 0.121 e. The molecular formula is C12H19NO. The Morgan fingerprint density at radius 1 is 1.29 bits per heavy atom. The molecule has 0 aromatic heterocycles. The molecule has 2 heteroatoms. The molecule has 0 aliphatic rings. The van der Waals surface area contributed by atoms with Crippen molar-refractivity contribution in [2.75, 3.05) is 12.3 Å². The third-order valence-electron chi connectivity index (χ3n) is 1.98. The fourth-order valence-corrected chi connectivity index (χ4v) is 1.08. The third-order valence-corrected chi connectivity index (χ3v) is 1.98. The van der Waals surface area contributed by atoms with E-state index >= 15 is 0 Å². The van der Waals surface area contributed by atoms with Crippen LogP contribution in [0.25, 0.3) is 0 Å². The van der Waals surface area contributed by atoms with Gasteiger partial charge in [-0.2, -0.15) is 0 Å². The van der Waals surface area contributed by atoms with Gasteiger partial charge in [-0.05, 0) is 24.0 Å². The van der Waals surface area contributed by atoms with E-state index in [1.54, 1.807) is 0 Å². The lowest BCUT2D eigenvalue weighted by atomic mass is 9.93. The van der Waals surface area contributed by atoms with E-state index in [9.17, 15) is 0 Å². The zero-order valence-electron chi connectivity index (χ0n) is 9.21. The highest BCUT2D eigenvalue weighted by molar-refractivity contribution is 5.43. The minimum absolute atomic E-state index is 0.320. The zero-order valence-corrected chi connectivity index (χ0v) is 9.21. The van der Waals surface area contributed by atoms with Gasteiger partial charge in [0.15, 0.2) is 0 Å². The highest BCUT2D eigenvalue weighted by Crippen LogP contribution is 2.20. The average molecular weight is 193 g/mol. The van der Waals surface area contributed by atoms with Crippen molar-refractivity contribution in [2.24, 2.45) is 5.41 Å². The molecule has 1 aromatic carbocycles. The van der Waals surface area contributed by atoms with Crippen LogP contribution in [0.2, 0.25) is 0 Å². The van der Waals surface area contributed by atoms with Gasteiger partial charge in [-0.3, -0.25) is 0 Å². The first kappa shape index (κ1) is 10.9. The van der Waals surface area contributed by atoms with Crippen LogP contribution in [-0.4, -0.2) is 6.61 Å². The Bertz CT molecular complexity index is 289. The highest BCUT2D eigenvalue weighted by atomic mass is 16.5. The van der Waals surface area contributed by atoms with Crippen LogP contribution in [0, 0.1) is 5.41 Å². The molecule has 78 valence electrons. The molecule has 2 N–H and O–H groups in total. The normalized spacial score (nSPS) is 11.4. The lowest BCUT2D eigenvalue weighted by molar-refractivity contribution is 0.243. The molecule has 0 saturated heterocycles. The van der Waals surface area contributed by atoms with E-state index in [0.29, 0.717) is 5.41 Å². The van der Waals surface area contributed by atoms with Gasteiger partial charge >= 0.3 is 0 Å². The van der Waals surface area contributed by atoms with Crippen molar-refractivity contribution in [3.63, 3.8) is 0 Å². The van der Waals surface area contributed by atoms with Gasteiger partial charge in [0.1, 0.15) is 5.75 Å². The molecule has 14 heavy (non-hydrogen) atoms. The van der Waals surface area contributed by atoms with E-state index in [1.165, 1.54) is 0 Å². The van der Waals surface area contributed by atoms with E-state index in [1.807, 2.05) is 24.3 Å². The summed E-state index contributed by atoms with van der Waals surface area (Å²) in [4.78, 5) is 0. The molecule has 0 saturated carbocycles. The Morgan fingerprint density at radius 3 is 2.57 bits per heavy atom. The Labute approximate surface area is 86.1 Å². The summed E-state index contributed by atoms with van der Waals surface area (Å²) < 4.78 is 5.58. The first-order valence-electron chi connectivity index (χ1n) is 4.96. The maximum atomic E-state index is 5.64. The molecule has 0 heterocycles. The van der Waals surface area contributed by atoms with Gasteiger partial charge in [-0.25, -0.2) is 0 Å². The number of ether oxygens (including phenoxy) is 1. The molecule has 0 bridgehead atoms. The molecule has 0 aliphatic heterocycles. The molecule has 0 atom stereocenters. The average Bonchev–Trinajstić information content (AvgIpc) is 2.01. The van der Waals surface area contributed by atoms with E-state index in [0.717, 1.165) is 24.5 Å². The van der Waals surface area contributed by atoms with Crippen LogP contribution < -0.4 is 10.5 Å². The first-order valence-corrected chi connectivity index (χ1v) is 4.96. The number of rotatable bonds is 3. The lowest BCUT2D eigenvalue weighted by Crippen LogP contribution is -2.11. The summed E-state index contributed by atoms with van der Waals surface area (Å²) in [6.07, 6.45) is 1.04. The maximum absolute atomic E-state index is 5.64. The summed E-state index contributed by atoms with van der Waals surface area (Å²) in [6.45, 7) is 7.36. The van der Waals surface area contributed by atoms with Crippen molar-refractivity contribution in [3.05, 3.63) is 24.3 Å². The monoisotopic (exact) mass is 193 g/mol. The second kappa shape index (κ2) is 4.36. The minimum atomic E-state index is 0.320. The Hall–Kier alpha value is -1.18. The van der Waals surface area contributed by atoms with E-state index in [-0.39, 0.29) is 0 Å². The van der Waals surface area contributed by atoms with Crippen molar-refractivity contribution in [1.29, 1.82) is 0 Å². The van der Waals surface area contributed by atoms with Gasteiger partial charge in [0.05, 0.1) is 6.61 Å². The van der Waals surface area contributed by atoms with Crippen molar-refractivity contribution in [2.45, 2.75) is 27.2 Å². The minimum Gasteiger partial charge on any atom is -0.493 e. The molecule has 0 spiro atoms. The number of nitrogen functional groups attached to an aromatic ring is 1. The fourth-order valence-electron chi connectivity index (χ4n) is 1.08. The Kier molecular flexibility index (Phi) is 3.39. The highest BCUT2D eigenvalue weighted by Gasteiger charge is 2.09. The Balaban J connectivity index is 2.39. The number of benzene rings is 1. The van der Waals surface area contributed by atoms with E-state index in [4.69, 9.17) is 10.5 Å².